The second kappa shape index (κ2) is 2.92. The van der Waals surface area contributed by atoms with E-state index in [0.717, 1.165) is 12.3 Å². The van der Waals surface area contributed by atoms with Crippen LogP contribution in [-0.2, 0) is 0 Å². The Morgan fingerprint density at radius 2 is 2.18 bits per heavy atom. The van der Waals surface area contributed by atoms with Gasteiger partial charge in [-0.15, -0.1) is 0 Å². The Morgan fingerprint density at radius 1 is 1.55 bits per heavy atom. The lowest BCUT2D eigenvalue weighted by molar-refractivity contribution is 0.107. The number of aromatic nitrogens is 1. The highest BCUT2D eigenvalue weighted by Gasteiger charge is 2.15. The van der Waals surface area contributed by atoms with Crippen LogP contribution in [-0.4, -0.2) is 10.2 Å². The van der Waals surface area contributed by atoms with E-state index in [2.05, 4.69) is 4.98 Å². The summed E-state index contributed by atoms with van der Waals surface area (Å²) < 4.78 is 25.0. The van der Waals surface area contributed by atoms with Crippen LogP contribution in [0.3, 0.4) is 0 Å². The van der Waals surface area contributed by atoms with E-state index < -0.39 is 22.6 Å². The highest BCUT2D eigenvalue weighted by Crippen LogP contribution is 2.11. The van der Waals surface area contributed by atoms with Gasteiger partial charge in [0.1, 0.15) is 11.4 Å². The van der Waals surface area contributed by atoms with Crippen LogP contribution < -0.4 is 0 Å². The van der Waals surface area contributed by atoms with Crippen molar-refractivity contribution in [3.63, 3.8) is 0 Å². The van der Waals surface area contributed by atoms with Crippen LogP contribution in [0.25, 0.3) is 0 Å². The molecule has 1 heterocycles. The van der Waals surface area contributed by atoms with Crippen molar-refractivity contribution >= 4 is 16.8 Å². The van der Waals surface area contributed by atoms with Crippen molar-refractivity contribution in [2.24, 2.45) is 0 Å². The van der Waals surface area contributed by atoms with Crippen LogP contribution in [0, 0.1) is 11.8 Å². The molecule has 0 unspecified atom stereocenters. The summed E-state index contributed by atoms with van der Waals surface area (Å²) in [5, 5.41) is -1.19. The van der Waals surface area contributed by atoms with Crippen LogP contribution in [0.1, 0.15) is 10.4 Å². The molecule has 0 bridgehead atoms. The molecule has 0 spiro atoms. The van der Waals surface area contributed by atoms with E-state index in [4.69, 9.17) is 11.6 Å². The molecular formula is C6H2ClF2NO. The van der Waals surface area contributed by atoms with Crippen molar-refractivity contribution in [2.75, 3.05) is 0 Å². The summed E-state index contributed by atoms with van der Waals surface area (Å²) in [5.74, 6) is -2.19. The van der Waals surface area contributed by atoms with Gasteiger partial charge in [0, 0.05) is 6.20 Å². The standard InChI is InChI=1S/C6H2ClF2NO/c7-5(11)4-3(8)1-2-10-6(4)9/h1-2H. The van der Waals surface area contributed by atoms with Gasteiger partial charge in [0.15, 0.2) is 0 Å². The van der Waals surface area contributed by atoms with Gasteiger partial charge in [-0.1, -0.05) is 0 Å². The second-order valence-corrected chi connectivity index (χ2v) is 2.08. The molecule has 1 aromatic rings. The molecule has 0 aromatic carbocycles. The molecule has 5 heteroatoms. The lowest BCUT2D eigenvalue weighted by Crippen LogP contribution is -2.00. The maximum absolute atomic E-state index is 12.5. The van der Waals surface area contributed by atoms with Crippen LogP contribution in [0.15, 0.2) is 12.3 Å². The molecule has 0 radical (unpaired) electrons. The van der Waals surface area contributed by atoms with Gasteiger partial charge in [0.25, 0.3) is 5.24 Å². The number of pyridine rings is 1. The molecule has 11 heavy (non-hydrogen) atoms. The van der Waals surface area contributed by atoms with Crippen LogP contribution in [0.2, 0.25) is 0 Å². The molecule has 1 aromatic heterocycles. The summed E-state index contributed by atoms with van der Waals surface area (Å²) in [5.41, 5.74) is -0.811. The zero-order chi connectivity index (χ0) is 8.43. The van der Waals surface area contributed by atoms with Crippen molar-refractivity contribution < 1.29 is 13.6 Å². The highest BCUT2D eigenvalue weighted by molar-refractivity contribution is 6.67. The SMILES string of the molecule is O=C(Cl)c1c(F)ccnc1F. The topological polar surface area (TPSA) is 30.0 Å². The molecule has 0 N–H and O–H groups in total. The largest absolute Gasteiger partial charge is 0.275 e. The Bertz CT molecular complexity index is 282. The first kappa shape index (κ1) is 8.07. The summed E-state index contributed by atoms with van der Waals surface area (Å²) in [6.07, 6.45) is 0.911. The minimum Gasteiger partial charge on any atom is -0.275 e. The molecule has 0 saturated carbocycles. The van der Waals surface area contributed by atoms with Gasteiger partial charge in [-0.2, -0.15) is 4.39 Å². The Labute approximate surface area is 65.8 Å². The number of hydrogen-bond acceptors (Lipinski definition) is 2. The molecule has 0 aliphatic rings. The lowest BCUT2D eigenvalue weighted by atomic mass is 10.3. The molecule has 0 aliphatic carbocycles. The average molecular weight is 178 g/mol. The third kappa shape index (κ3) is 1.51. The number of rotatable bonds is 1. The fourth-order valence-corrected chi connectivity index (χ4v) is 0.758. The van der Waals surface area contributed by atoms with E-state index in [1.165, 1.54) is 0 Å². The molecule has 58 valence electrons. The molecular weight excluding hydrogens is 176 g/mol. The smallest absolute Gasteiger partial charge is 0.260 e. The third-order valence-corrected chi connectivity index (χ3v) is 1.24. The maximum Gasteiger partial charge on any atom is 0.260 e. The molecule has 1 rings (SSSR count). The summed E-state index contributed by atoms with van der Waals surface area (Å²) in [6, 6.07) is 0.860. The second-order valence-electron chi connectivity index (χ2n) is 1.73. The normalized spacial score (nSPS) is 9.73. The minimum atomic E-state index is -1.19. The number of halogens is 3. The highest BCUT2D eigenvalue weighted by atomic mass is 35.5. The van der Waals surface area contributed by atoms with E-state index in [9.17, 15) is 13.6 Å². The first-order valence-corrected chi connectivity index (χ1v) is 3.00. The van der Waals surface area contributed by atoms with E-state index in [-0.39, 0.29) is 0 Å². The summed E-state index contributed by atoms with van der Waals surface area (Å²) in [4.78, 5) is 13.4. The van der Waals surface area contributed by atoms with E-state index in [1.807, 2.05) is 0 Å². The van der Waals surface area contributed by atoms with Crippen molar-refractivity contribution in [2.45, 2.75) is 0 Å². The summed E-state index contributed by atoms with van der Waals surface area (Å²) in [7, 11) is 0. The fourth-order valence-electron chi connectivity index (χ4n) is 0.590. The molecule has 0 atom stereocenters. The minimum absolute atomic E-state index is 0.811. The van der Waals surface area contributed by atoms with Gasteiger partial charge in [-0.05, 0) is 17.7 Å². The van der Waals surface area contributed by atoms with Crippen LogP contribution in [0.4, 0.5) is 8.78 Å². The van der Waals surface area contributed by atoms with Gasteiger partial charge >= 0.3 is 0 Å². The number of carbonyl (C=O) groups excluding carboxylic acids is 1. The lowest BCUT2D eigenvalue weighted by Gasteiger charge is -1.95. The molecule has 0 aliphatic heterocycles. The summed E-state index contributed by atoms with van der Waals surface area (Å²) in [6.45, 7) is 0. The Morgan fingerprint density at radius 3 is 2.55 bits per heavy atom. The number of nitrogens with zero attached hydrogens (tertiary/aromatic N) is 1. The zero-order valence-corrected chi connectivity index (χ0v) is 5.90. The fraction of sp³-hybridized carbons (Fsp3) is 0. The van der Waals surface area contributed by atoms with E-state index in [1.54, 1.807) is 0 Å². The molecule has 0 fully saturated rings. The van der Waals surface area contributed by atoms with Crippen LogP contribution in [0.5, 0.6) is 0 Å². The molecule has 2 nitrogen and oxygen atoms in total. The van der Waals surface area contributed by atoms with Gasteiger partial charge < -0.3 is 0 Å². The van der Waals surface area contributed by atoms with Crippen molar-refractivity contribution in [3.8, 4) is 0 Å². The Kier molecular flexibility index (Phi) is 2.14. The Hall–Kier alpha value is -1.03. The third-order valence-electron chi connectivity index (χ3n) is 1.05. The van der Waals surface area contributed by atoms with Gasteiger partial charge in [-0.25, -0.2) is 9.37 Å². The first-order chi connectivity index (χ1) is 5.13. The van der Waals surface area contributed by atoms with Gasteiger partial charge in [0.2, 0.25) is 5.95 Å². The van der Waals surface area contributed by atoms with Gasteiger partial charge in [-0.3, -0.25) is 4.79 Å². The van der Waals surface area contributed by atoms with E-state index in [0.29, 0.717) is 0 Å². The molecule has 0 saturated heterocycles. The van der Waals surface area contributed by atoms with Crippen LogP contribution >= 0.6 is 11.6 Å². The van der Waals surface area contributed by atoms with Gasteiger partial charge in [0.05, 0.1) is 0 Å². The number of carbonyl (C=O) groups is 1. The van der Waals surface area contributed by atoms with Crippen molar-refractivity contribution in [1.29, 1.82) is 0 Å². The predicted octanol–water partition coefficient (Wildman–Crippen LogP) is 1.74. The summed E-state index contributed by atoms with van der Waals surface area (Å²) >= 11 is 4.85. The quantitative estimate of drug-likeness (QED) is 0.483. The maximum atomic E-state index is 12.5. The predicted molar refractivity (Wildman–Crippen MR) is 34.3 cm³/mol. The Balaban J connectivity index is 3.32. The monoisotopic (exact) mass is 177 g/mol. The molecule has 0 amide bonds. The van der Waals surface area contributed by atoms with E-state index >= 15 is 0 Å². The van der Waals surface area contributed by atoms with Crippen molar-refractivity contribution in [3.05, 3.63) is 29.6 Å². The number of hydrogen-bond donors (Lipinski definition) is 0. The first-order valence-electron chi connectivity index (χ1n) is 2.62. The van der Waals surface area contributed by atoms with Crippen molar-refractivity contribution in [1.82, 2.24) is 4.98 Å². The average Bonchev–Trinajstić information content (AvgIpc) is 1.85. The zero-order valence-electron chi connectivity index (χ0n) is 5.14.